The molecule has 0 saturated heterocycles. The number of amides is 1. The second-order valence-corrected chi connectivity index (χ2v) is 6.26. The molecule has 0 radical (unpaired) electrons. The molecule has 2 rings (SSSR count). The van der Waals surface area contributed by atoms with Crippen molar-refractivity contribution in [1.82, 2.24) is 10.3 Å². The largest absolute Gasteiger partial charge is 0.350 e. The molecule has 0 aliphatic heterocycles. The summed E-state index contributed by atoms with van der Waals surface area (Å²) in [5.41, 5.74) is 0.936. The van der Waals surface area contributed by atoms with Crippen molar-refractivity contribution < 1.29 is 4.79 Å². The molecule has 0 atom stereocenters. The van der Waals surface area contributed by atoms with E-state index >= 15 is 0 Å². The van der Waals surface area contributed by atoms with Crippen LogP contribution in [-0.4, -0.2) is 17.4 Å². The van der Waals surface area contributed by atoms with E-state index in [1.807, 2.05) is 18.2 Å². The molecule has 2 aromatic rings. The molecule has 0 fully saturated rings. The molecule has 0 spiro atoms. The third-order valence-electron chi connectivity index (χ3n) is 2.79. The van der Waals surface area contributed by atoms with Gasteiger partial charge in [-0.2, -0.15) is 0 Å². The zero-order valence-electron chi connectivity index (χ0n) is 11.0. The van der Waals surface area contributed by atoms with Crippen molar-refractivity contribution in [2.24, 2.45) is 0 Å². The fourth-order valence-corrected chi connectivity index (χ4v) is 2.76. The number of hydrogen-bond donors (Lipinski definition) is 1. The molecule has 1 amide bonds. The Labute approximate surface area is 152 Å². The maximum atomic E-state index is 12.1. The van der Waals surface area contributed by atoms with Crippen LogP contribution in [-0.2, 0) is 6.42 Å². The molecule has 8 heteroatoms. The van der Waals surface area contributed by atoms with Gasteiger partial charge in [-0.25, -0.2) is 4.98 Å². The average molecular weight is 399 g/mol. The lowest BCUT2D eigenvalue weighted by Gasteiger charge is -2.09. The van der Waals surface area contributed by atoms with Crippen molar-refractivity contribution >= 4 is 63.9 Å². The minimum Gasteiger partial charge on any atom is -0.350 e. The van der Waals surface area contributed by atoms with E-state index in [9.17, 15) is 4.79 Å². The van der Waals surface area contributed by atoms with Gasteiger partial charge in [-0.3, -0.25) is 4.79 Å². The number of carbonyl (C=O) groups is 1. The number of hydrogen-bond acceptors (Lipinski definition) is 2. The van der Waals surface area contributed by atoms with Crippen LogP contribution in [0.5, 0.6) is 0 Å². The van der Waals surface area contributed by atoms with E-state index in [1.165, 1.54) is 0 Å². The van der Waals surface area contributed by atoms with E-state index < -0.39 is 5.91 Å². The summed E-state index contributed by atoms with van der Waals surface area (Å²) in [4.78, 5) is 16.0. The number of benzene rings is 1. The van der Waals surface area contributed by atoms with Gasteiger partial charge < -0.3 is 5.32 Å². The zero-order valence-corrected chi connectivity index (χ0v) is 14.7. The van der Waals surface area contributed by atoms with Gasteiger partial charge in [0.25, 0.3) is 5.91 Å². The molecule has 3 nitrogen and oxygen atoms in total. The third-order valence-corrected chi connectivity index (χ3v) is 4.70. The molecule has 0 unspecified atom stereocenters. The summed E-state index contributed by atoms with van der Waals surface area (Å²) in [6, 6.07) is 7.37. The van der Waals surface area contributed by atoms with Gasteiger partial charge in [-0.15, -0.1) is 0 Å². The van der Waals surface area contributed by atoms with Gasteiger partial charge in [-0.05, 0) is 24.1 Å². The Morgan fingerprint density at radius 3 is 2.45 bits per heavy atom. The number of aromatic nitrogens is 1. The first-order valence-electron chi connectivity index (χ1n) is 6.12. The van der Waals surface area contributed by atoms with Crippen molar-refractivity contribution in [3.8, 4) is 0 Å². The van der Waals surface area contributed by atoms with Crippen LogP contribution >= 0.6 is 58.0 Å². The molecule has 1 aromatic carbocycles. The van der Waals surface area contributed by atoms with E-state index in [2.05, 4.69) is 10.3 Å². The summed E-state index contributed by atoms with van der Waals surface area (Å²) in [6.07, 6.45) is 0.610. The van der Waals surface area contributed by atoms with E-state index in [0.717, 1.165) is 5.56 Å². The highest BCUT2D eigenvalue weighted by molar-refractivity contribution is 6.52. The lowest BCUT2D eigenvalue weighted by molar-refractivity contribution is 0.0949. The minimum atomic E-state index is -0.479. The van der Waals surface area contributed by atoms with Gasteiger partial charge in [0.05, 0.1) is 15.1 Å². The number of carbonyl (C=O) groups excluding carboxylic acids is 1. The van der Waals surface area contributed by atoms with Crippen LogP contribution in [0.15, 0.2) is 24.3 Å². The Kier molecular flexibility index (Phi) is 6.18. The maximum absolute atomic E-state index is 12.1. The normalized spacial score (nSPS) is 10.6. The summed E-state index contributed by atoms with van der Waals surface area (Å²) in [6.45, 7) is 0.384. The smallest absolute Gasteiger partial charge is 0.271 e. The summed E-state index contributed by atoms with van der Waals surface area (Å²) in [5.74, 6) is -0.479. The van der Waals surface area contributed by atoms with E-state index in [-0.39, 0.29) is 25.9 Å². The first-order valence-corrected chi connectivity index (χ1v) is 8.01. The summed E-state index contributed by atoms with van der Waals surface area (Å²) in [7, 11) is 0. The van der Waals surface area contributed by atoms with E-state index in [0.29, 0.717) is 18.0 Å². The van der Waals surface area contributed by atoms with Gasteiger partial charge in [0.15, 0.2) is 0 Å². The van der Waals surface area contributed by atoms with Crippen molar-refractivity contribution in [2.75, 3.05) is 6.54 Å². The van der Waals surface area contributed by atoms with Crippen LogP contribution in [0.1, 0.15) is 16.1 Å². The molecule has 1 heterocycles. The fraction of sp³-hybridized carbons (Fsp3) is 0.143. The quantitative estimate of drug-likeness (QED) is 0.708. The van der Waals surface area contributed by atoms with E-state index in [4.69, 9.17) is 58.0 Å². The lowest BCUT2D eigenvalue weighted by atomic mass is 10.1. The topological polar surface area (TPSA) is 42.0 Å². The second kappa shape index (κ2) is 7.71. The standard InChI is InChI=1S/C14H9Cl5N2O/c15-8-3-1-2-7(6-8)4-5-20-14(22)12-10(17)9(16)11(18)13(19)21-12/h1-3,6H,4-5H2,(H,20,22). The first-order chi connectivity index (χ1) is 10.4. The predicted octanol–water partition coefficient (Wildman–Crippen LogP) is 5.32. The van der Waals surface area contributed by atoms with Crippen LogP contribution in [0.2, 0.25) is 25.2 Å². The zero-order chi connectivity index (χ0) is 16.3. The van der Waals surface area contributed by atoms with Crippen molar-refractivity contribution in [1.29, 1.82) is 0 Å². The Balaban J connectivity index is 2.04. The van der Waals surface area contributed by atoms with Gasteiger partial charge in [0.1, 0.15) is 10.8 Å². The van der Waals surface area contributed by atoms with Gasteiger partial charge in [0.2, 0.25) is 0 Å². The third kappa shape index (κ3) is 4.18. The molecular formula is C14H9Cl5N2O. The molecule has 0 bridgehead atoms. The Morgan fingerprint density at radius 2 is 1.77 bits per heavy atom. The second-order valence-electron chi connectivity index (χ2n) is 4.33. The van der Waals surface area contributed by atoms with Crippen molar-refractivity contribution in [3.05, 3.63) is 60.8 Å². The SMILES string of the molecule is O=C(NCCc1cccc(Cl)c1)c1nc(Cl)c(Cl)c(Cl)c1Cl. The van der Waals surface area contributed by atoms with E-state index in [1.54, 1.807) is 6.07 Å². The number of halogens is 5. The van der Waals surface area contributed by atoms with Crippen LogP contribution < -0.4 is 5.32 Å². The number of rotatable bonds is 4. The summed E-state index contributed by atoms with van der Waals surface area (Å²) < 4.78 is 0. The van der Waals surface area contributed by atoms with Gasteiger partial charge in [-0.1, -0.05) is 70.1 Å². The summed E-state index contributed by atoms with van der Waals surface area (Å²) in [5, 5.41) is 3.25. The molecule has 116 valence electrons. The monoisotopic (exact) mass is 396 g/mol. The Bertz CT molecular complexity index is 721. The Hall–Kier alpha value is -0.710. The minimum absolute atomic E-state index is 0.00308. The fourth-order valence-electron chi connectivity index (χ4n) is 1.73. The van der Waals surface area contributed by atoms with Crippen molar-refractivity contribution in [3.63, 3.8) is 0 Å². The van der Waals surface area contributed by atoms with Crippen LogP contribution in [0, 0.1) is 0 Å². The highest BCUT2D eigenvalue weighted by Gasteiger charge is 2.19. The average Bonchev–Trinajstić information content (AvgIpc) is 2.48. The molecule has 0 aliphatic carbocycles. The maximum Gasteiger partial charge on any atom is 0.271 e. The number of pyridine rings is 1. The predicted molar refractivity (Wildman–Crippen MR) is 91.8 cm³/mol. The molecule has 1 aromatic heterocycles. The molecule has 22 heavy (non-hydrogen) atoms. The molecule has 1 N–H and O–H groups in total. The van der Waals surface area contributed by atoms with Crippen LogP contribution in [0.3, 0.4) is 0 Å². The summed E-state index contributed by atoms with van der Waals surface area (Å²) >= 11 is 29.4. The first kappa shape index (κ1) is 17.6. The highest BCUT2D eigenvalue weighted by Crippen LogP contribution is 2.35. The molecular weight excluding hydrogens is 389 g/mol. The Morgan fingerprint density at radius 1 is 1.05 bits per heavy atom. The number of nitrogens with zero attached hydrogens (tertiary/aromatic N) is 1. The number of nitrogens with one attached hydrogen (secondary N) is 1. The lowest BCUT2D eigenvalue weighted by Crippen LogP contribution is -2.27. The highest BCUT2D eigenvalue weighted by atomic mass is 35.5. The van der Waals surface area contributed by atoms with Crippen LogP contribution in [0.25, 0.3) is 0 Å². The molecule has 0 aliphatic rings. The van der Waals surface area contributed by atoms with Gasteiger partial charge in [0, 0.05) is 11.6 Å². The molecule has 0 saturated carbocycles. The van der Waals surface area contributed by atoms with Crippen LogP contribution in [0.4, 0.5) is 0 Å². The van der Waals surface area contributed by atoms with Gasteiger partial charge >= 0.3 is 0 Å². The van der Waals surface area contributed by atoms with Crippen molar-refractivity contribution in [2.45, 2.75) is 6.42 Å².